The van der Waals surface area contributed by atoms with Crippen LogP contribution in [0.2, 0.25) is 0 Å². The molecule has 1 aliphatic carbocycles. The van der Waals surface area contributed by atoms with Gasteiger partial charge in [-0.1, -0.05) is 32.3 Å². The van der Waals surface area contributed by atoms with E-state index < -0.39 is 0 Å². The molecule has 1 aromatic heterocycles. The molecular weight excluding hydrogens is 220 g/mol. The summed E-state index contributed by atoms with van der Waals surface area (Å²) in [6, 6.07) is 4.91. The van der Waals surface area contributed by atoms with Crippen LogP contribution in [-0.2, 0) is 6.42 Å². The van der Waals surface area contributed by atoms with Crippen molar-refractivity contribution < 1.29 is 0 Å². The zero-order valence-corrected chi connectivity index (χ0v) is 11.6. The van der Waals surface area contributed by atoms with Crippen LogP contribution < -0.4 is 5.32 Å². The lowest BCUT2D eigenvalue weighted by atomic mass is 9.83. The van der Waals surface area contributed by atoms with Crippen LogP contribution in [0.25, 0.3) is 0 Å². The average molecular weight is 246 g/mol. The van der Waals surface area contributed by atoms with Gasteiger partial charge in [-0.3, -0.25) is 4.98 Å². The fourth-order valence-corrected chi connectivity index (χ4v) is 3.13. The van der Waals surface area contributed by atoms with Gasteiger partial charge in [0.1, 0.15) is 0 Å². The van der Waals surface area contributed by atoms with Crippen molar-refractivity contribution >= 4 is 0 Å². The van der Waals surface area contributed by atoms with Crippen LogP contribution in [0, 0.1) is 5.92 Å². The summed E-state index contributed by atoms with van der Waals surface area (Å²) in [6.45, 7) is 3.40. The molecule has 1 aromatic rings. The van der Waals surface area contributed by atoms with Crippen LogP contribution in [-0.4, -0.2) is 17.6 Å². The normalized spacial score (nSPS) is 18.7. The van der Waals surface area contributed by atoms with E-state index in [1.165, 1.54) is 44.1 Å². The molecule has 0 aliphatic heterocycles. The van der Waals surface area contributed by atoms with Crippen LogP contribution >= 0.6 is 0 Å². The fourth-order valence-electron chi connectivity index (χ4n) is 3.13. The lowest BCUT2D eigenvalue weighted by Crippen LogP contribution is -2.37. The van der Waals surface area contributed by atoms with Gasteiger partial charge in [0.25, 0.3) is 0 Å². The predicted molar refractivity (Wildman–Crippen MR) is 76.6 cm³/mol. The van der Waals surface area contributed by atoms with Gasteiger partial charge in [-0.15, -0.1) is 0 Å². The minimum Gasteiger partial charge on any atom is -0.313 e. The zero-order chi connectivity index (χ0) is 12.6. The van der Waals surface area contributed by atoms with Gasteiger partial charge in [0, 0.05) is 18.4 Å². The van der Waals surface area contributed by atoms with Gasteiger partial charge < -0.3 is 5.32 Å². The smallest absolute Gasteiger partial charge is 0.0300 e. The third kappa shape index (κ3) is 4.09. The Bertz CT molecular complexity index is 317. The molecule has 0 radical (unpaired) electrons. The van der Waals surface area contributed by atoms with Gasteiger partial charge in [0.2, 0.25) is 0 Å². The number of rotatable bonds is 6. The standard InChI is InChI=1S/C16H26N2/c1-2-16(15-8-4-3-5-9-15)18-12-10-14-7-6-11-17-13-14/h6-7,11,13,15-16,18H,2-5,8-10,12H2,1H3. The van der Waals surface area contributed by atoms with E-state index in [0.717, 1.165) is 24.9 Å². The van der Waals surface area contributed by atoms with E-state index in [-0.39, 0.29) is 0 Å². The molecule has 100 valence electrons. The first-order valence-electron chi connectivity index (χ1n) is 7.52. The van der Waals surface area contributed by atoms with Crippen LogP contribution in [0.5, 0.6) is 0 Å². The summed E-state index contributed by atoms with van der Waals surface area (Å²) in [5.41, 5.74) is 1.34. The Hall–Kier alpha value is -0.890. The SMILES string of the molecule is CCC(NCCc1cccnc1)C1CCCCC1. The molecule has 0 bridgehead atoms. The van der Waals surface area contributed by atoms with Gasteiger partial charge in [-0.2, -0.15) is 0 Å². The number of nitrogens with zero attached hydrogens (tertiary/aromatic N) is 1. The molecule has 0 amide bonds. The lowest BCUT2D eigenvalue weighted by molar-refractivity contribution is 0.264. The number of aromatic nitrogens is 1. The molecule has 1 unspecified atom stereocenters. The third-order valence-electron chi connectivity index (χ3n) is 4.20. The van der Waals surface area contributed by atoms with Gasteiger partial charge in [0.05, 0.1) is 0 Å². The van der Waals surface area contributed by atoms with E-state index in [1.54, 1.807) is 0 Å². The van der Waals surface area contributed by atoms with Crippen molar-refractivity contribution in [2.45, 2.75) is 57.9 Å². The highest BCUT2D eigenvalue weighted by atomic mass is 14.9. The molecular formula is C16H26N2. The van der Waals surface area contributed by atoms with Gasteiger partial charge >= 0.3 is 0 Å². The Morgan fingerprint density at radius 3 is 2.83 bits per heavy atom. The second-order valence-corrected chi connectivity index (χ2v) is 5.48. The lowest BCUT2D eigenvalue weighted by Gasteiger charge is -2.30. The molecule has 2 rings (SSSR count). The molecule has 2 nitrogen and oxygen atoms in total. The zero-order valence-electron chi connectivity index (χ0n) is 11.6. The van der Waals surface area contributed by atoms with E-state index in [0.29, 0.717) is 0 Å². The van der Waals surface area contributed by atoms with E-state index in [1.807, 2.05) is 18.5 Å². The highest BCUT2D eigenvalue weighted by Crippen LogP contribution is 2.27. The molecule has 1 saturated carbocycles. The molecule has 0 spiro atoms. The van der Waals surface area contributed by atoms with Crippen molar-refractivity contribution in [2.24, 2.45) is 5.92 Å². The first kappa shape index (κ1) is 13.5. The molecule has 1 aliphatic rings. The molecule has 1 heterocycles. The minimum absolute atomic E-state index is 0.724. The van der Waals surface area contributed by atoms with Gasteiger partial charge in [-0.25, -0.2) is 0 Å². The Kier molecular flexibility index (Phi) is 5.66. The maximum Gasteiger partial charge on any atom is 0.0300 e. The van der Waals surface area contributed by atoms with Crippen molar-refractivity contribution in [3.63, 3.8) is 0 Å². The summed E-state index contributed by atoms with van der Waals surface area (Å²) < 4.78 is 0. The third-order valence-corrected chi connectivity index (χ3v) is 4.20. The van der Waals surface area contributed by atoms with E-state index in [9.17, 15) is 0 Å². The summed E-state index contributed by atoms with van der Waals surface area (Å²) in [7, 11) is 0. The van der Waals surface area contributed by atoms with E-state index >= 15 is 0 Å². The molecule has 0 aromatic carbocycles. The van der Waals surface area contributed by atoms with Crippen molar-refractivity contribution in [3.05, 3.63) is 30.1 Å². The Morgan fingerprint density at radius 1 is 1.33 bits per heavy atom. The number of hydrogen-bond acceptors (Lipinski definition) is 2. The number of hydrogen-bond donors (Lipinski definition) is 1. The fraction of sp³-hybridized carbons (Fsp3) is 0.688. The highest BCUT2D eigenvalue weighted by Gasteiger charge is 2.21. The first-order valence-corrected chi connectivity index (χ1v) is 7.52. The quantitative estimate of drug-likeness (QED) is 0.830. The summed E-state index contributed by atoms with van der Waals surface area (Å²) in [5.74, 6) is 0.914. The highest BCUT2D eigenvalue weighted by molar-refractivity contribution is 5.08. The maximum atomic E-state index is 4.16. The van der Waals surface area contributed by atoms with Crippen molar-refractivity contribution in [1.29, 1.82) is 0 Å². The van der Waals surface area contributed by atoms with Crippen LogP contribution in [0.1, 0.15) is 51.0 Å². The first-order chi connectivity index (χ1) is 8.90. The predicted octanol–water partition coefficient (Wildman–Crippen LogP) is 3.57. The largest absolute Gasteiger partial charge is 0.313 e. The Morgan fingerprint density at radius 2 is 2.17 bits per heavy atom. The topological polar surface area (TPSA) is 24.9 Å². The van der Waals surface area contributed by atoms with Crippen LogP contribution in [0.4, 0.5) is 0 Å². The number of pyridine rings is 1. The van der Waals surface area contributed by atoms with Crippen molar-refractivity contribution in [2.75, 3.05) is 6.54 Å². The van der Waals surface area contributed by atoms with Crippen molar-refractivity contribution in [1.82, 2.24) is 10.3 Å². The summed E-state index contributed by atoms with van der Waals surface area (Å²) in [4.78, 5) is 4.16. The van der Waals surface area contributed by atoms with Crippen molar-refractivity contribution in [3.8, 4) is 0 Å². The second-order valence-electron chi connectivity index (χ2n) is 5.48. The van der Waals surface area contributed by atoms with Gasteiger partial charge in [-0.05, 0) is 49.8 Å². The maximum absolute atomic E-state index is 4.16. The van der Waals surface area contributed by atoms with Crippen LogP contribution in [0.3, 0.4) is 0 Å². The summed E-state index contributed by atoms with van der Waals surface area (Å²) in [6.07, 6.45) is 13.3. The summed E-state index contributed by atoms with van der Waals surface area (Å²) in [5, 5.41) is 3.76. The monoisotopic (exact) mass is 246 g/mol. The minimum atomic E-state index is 0.724. The molecule has 0 saturated heterocycles. The Balaban J connectivity index is 1.73. The average Bonchev–Trinajstić information content (AvgIpc) is 2.46. The molecule has 1 atom stereocenters. The molecule has 1 N–H and O–H groups in total. The molecule has 2 heteroatoms. The second kappa shape index (κ2) is 7.52. The van der Waals surface area contributed by atoms with E-state index in [2.05, 4.69) is 23.3 Å². The van der Waals surface area contributed by atoms with E-state index in [4.69, 9.17) is 0 Å². The number of nitrogens with one attached hydrogen (secondary N) is 1. The summed E-state index contributed by atoms with van der Waals surface area (Å²) >= 11 is 0. The van der Waals surface area contributed by atoms with Crippen LogP contribution in [0.15, 0.2) is 24.5 Å². The Labute approximate surface area is 111 Å². The molecule has 1 fully saturated rings. The molecule has 18 heavy (non-hydrogen) atoms. The van der Waals surface area contributed by atoms with Gasteiger partial charge in [0.15, 0.2) is 0 Å².